The van der Waals surface area contributed by atoms with E-state index in [4.69, 9.17) is 4.74 Å². The van der Waals surface area contributed by atoms with Gasteiger partial charge in [0.1, 0.15) is 6.04 Å². The fraction of sp³-hybridized carbons (Fsp3) is 0.579. The number of carbonyl (C=O) groups excluding carboxylic acids is 1. The summed E-state index contributed by atoms with van der Waals surface area (Å²) in [6.45, 7) is 6.05. The van der Waals surface area contributed by atoms with E-state index in [0.29, 0.717) is 24.9 Å². The summed E-state index contributed by atoms with van der Waals surface area (Å²) in [5.74, 6) is -0.477. The molecule has 132 valence electrons. The fourth-order valence-corrected chi connectivity index (χ4v) is 2.81. The summed E-state index contributed by atoms with van der Waals surface area (Å²) in [5, 5.41) is 11.9. The summed E-state index contributed by atoms with van der Waals surface area (Å²) in [7, 11) is 0. The first-order chi connectivity index (χ1) is 11.3. The van der Waals surface area contributed by atoms with Crippen LogP contribution < -0.4 is 5.32 Å². The molecule has 3 atom stereocenters. The zero-order valence-electron chi connectivity index (χ0n) is 14.6. The molecule has 1 saturated carbocycles. The molecular weight excluding hydrogens is 306 g/mol. The summed E-state index contributed by atoms with van der Waals surface area (Å²) in [5.41, 5.74) is 0.938. The standard InChI is InChI=1S/C19H27NO4/c1-19(2,3)24-10-9-16(18(22)23)20-17(21)12-14-11-15(14)13-7-5-4-6-8-13/h4-8,14-16H,9-12H2,1-3H3,(H,20,21)(H,22,23)/t14-,15-,16?/m0/s1. The molecule has 0 aromatic heterocycles. The molecule has 1 aromatic rings. The van der Waals surface area contributed by atoms with Crippen LogP contribution >= 0.6 is 0 Å². The van der Waals surface area contributed by atoms with E-state index in [1.807, 2.05) is 39.0 Å². The van der Waals surface area contributed by atoms with E-state index in [-0.39, 0.29) is 17.9 Å². The molecule has 0 radical (unpaired) electrons. The Morgan fingerprint density at radius 3 is 2.54 bits per heavy atom. The number of nitrogens with one attached hydrogen (secondary N) is 1. The Bertz CT molecular complexity index is 564. The van der Waals surface area contributed by atoms with Crippen molar-refractivity contribution in [2.75, 3.05) is 6.61 Å². The maximum Gasteiger partial charge on any atom is 0.326 e. The molecule has 5 heteroatoms. The van der Waals surface area contributed by atoms with Crippen LogP contribution in [0.4, 0.5) is 0 Å². The van der Waals surface area contributed by atoms with Crippen LogP contribution in [0.3, 0.4) is 0 Å². The van der Waals surface area contributed by atoms with Crippen molar-refractivity contribution in [3.63, 3.8) is 0 Å². The minimum atomic E-state index is -1.02. The monoisotopic (exact) mass is 333 g/mol. The molecule has 2 N–H and O–H groups in total. The maximum absolute atomic E-state index is 12.1. The van der Waals surface area contributed by atoms with Gasteiger partial charge in [-0.25, -0.2) is 4.79 Å². The minimum Gasteiger partial charge on any atom is -0.480 e. The van der Waals surface area contributed by atoms with Crippen LogP contribution in [0.5, 0.6) is 0 Å². The Morgan fingerprint density at radius 1 is 1.29 bits per heavy atom. The number of carboxylic acids is 1. The number of hydrogen-bond acceptors (Lipinski definition) is 3. The van der Waals surface area contributed by atoms with Crippen molar-refractivity contribution in [1.82, 2.24) is 5.32 Å². The van der Waals surface area contributed by atoms with Crippen molar-refractivity contribution in [3.05, 3.63) is 35.9 Å². The van der Waals surface area contributed by atoms with Gasteiger partial charge < -0.3 is 15.2 Å². The highest BCUT2D eigenvalue weighted by Crippen LogP contribution is 2.49. The van der Waals surface area contributed by atoms with Gasteiger partial charge in [-0.2, -0.15) is 0 Å². The maximum atomic E-state index is 12.1. The van der Waals surface area contributed by atoms with Crippen molar-refractivity contribution >= 4 is 11.9 Å². The quantitative estimate of drug-likeness (QED) is 0.767. The van der Waals surface area contributed by atoms with Gasteiger partial charge in [-0.05, 0) is 44.6 Å². The van der Waals surface area contributed by atoms with Gasteiger partial charge in [-0.1, -0.05) is 30.3 Å². The summed E-state index contributed by atoms with van der Waals surface area (Å²) < 4.78 is 5.55. The summed E-state index contributed by atoms with van der Waals surface area (Å²) in [4.78, 5) is 23.4. The van der Waals surface area contributed by atoms with E-state index in [1.165, 1.54) is 5.56 Å². The Hall–Kier alpha value is -1.88. The van der Waals surface area contributed by atoms with Crippen LogP contribution in [0.2, 0.25) is 0 Å². The molecule has 1 fully saturated rings. The van der Waals surface area contributed by atoms with E-state index in [2.05, 4.69) is 17.4 Å². The van der Waals surface area contributed by atoms with Crippen LogP contribution in [-0.2, 0) is 14.3 Å². The zero-order chi connectivity index (χ0) is 17.7. The lowest BCUT2D eigenvalue weighted by molar-refractivity contribution is -0.142. The highest BCUT2D eigenvalue weighted by molar-refractivity contribution is 5.83. The van der Waals surface area contributed by atoms with Crippen molar-refractivity contribution in [2.45, 2.75) is 57.6 Å². The molecule has 1 amide bonds. The van der Waals surface area contributed by atoms with Gasteiger partial charge in [0.05, 0.1) is 5.60 Å². The normalized spacial score (nSPS) is 21.1. The fourth-order valence-electron chi connectivity index (χ4n) is 2.81. The molecule has 1 aliphatic rings. The third-order valence-electron chi connectivity index (χ3n) is 4.17. The van der Waals surface area contributed by atoms with Gasteiger partial charge in [0, 0.05) is 19.4 Å². The summed E-state index contributed by atoms with van der Waals surface area (Å²) in [6.07, 6.45) is 1.64. The SMILES string of the molecule is CC(C)(C)OCCC(NC(=O)C[C@@H]1C[C@H]1c1ccccc1)C(=O)O. The van der Waals surface area contributed by atoms with E-state index >= 15 is 0 Å². The molecule has 5 nitrogen and oxygen atoms in total. The van der Waals surface area contributed by atoms with Crippen LogP contribution in [0.25, 0.3) is 0 Å². The Kier molecular flexibility index (Phi) is 5.99. The number of amides is 1. The molecule has 0 bridgehead atoms. The zero-order valence-corrected chi connectivity index (χ0v) is 14.6. The van der Waals surface area contributed by atoms with E-state index < -0.39 is 12.0 Å². The number of hydrogen-bond donors (Lipinski definition) is 2. The average molecular weight is 333 g/mol. The van der Waals surface area contributed by atoms with Gasteiger partial charge >= 0.3 is 5.97 Å². The van der Waals surface area contributed by atoms with E-state index in [1.54, 1.807) is 0 Å². The molecule has 0 heterocycles. The summed E-state index contributed by atoms with van der Waals surface area (Å²) in [6, 6.07) is 9.23. The second-order valence-corrected chi connectivity index (χ2v) is 7.42. The highest BCUT2D eigenvalue weighted by Gasteiger charge is 2.39. The topological polar surface area (TPSA) is 75.6 Å². The van der Waals surface area contributed by atoms with Gasteiger partial charge in [-0.3, -0.25) is 4.79 Å². The van der Waals surface area contributed by atoms with Crippen molar-refractivity contribution < 1.29 is 19.4 Å². The predicted octanol–water partition coefficient (Wildman–Crippen LogP) is 2.95. The molecule has 0 spiro atoms. The molecule has 1 aliphatic carbocycles. The molecule has 24 heavy (non-hydrogen) atoms. The number of carbonyl (C=O) groups is 2. The van der Waals surface area contributed by atoms with Crippen LogP contribution in [-0.4, -0.2) is 35.2 Å². The molecule has 1 unspecified atom stereocenters. The Labute approximate surface area is 143 Å². The lowest BCUT2D eigenvalue weighted by atomic mass is 10.1. The molecule has 0 aliphatic heterocycles. The Balaban J connectivity index is 1.76. The molecular formula is C19H27NO4. The van der Waals surface area contributed by atoms with E-state index in [0.717, 1.165) is 6.42 Å². The second-order valence-electron chi connectivity index (χ2n) is 7.42. The lowest BCUT2D eigenvalue weighted by Crippen LogP contribution is -2.42. The lowest BCUT2D eigenvalue weighted by Gasteiger charge is -2.21. The third-order valence-corrected chi connectivity index (χ3v) is 4.17. The summed E-state index contributed by atoms with van der Waals surface area (Å²) >= 11 is 0. The van der Waals surface area contributed by atoms with Crippen molar-refractivity contribution in [1.29, 1.82) is 0 Å². The molecule has 1 aromatic carbocycles. The van der Waals surface area contributed by atoms with Crippen LogP contribution in [0, 0.1) is 5.92 Å². The largest absolute Gasteiger partial charge is 0.480 e. The van der Waals surface area contributed by atoms with Crippen molar-refractivity contribution in [3.8, 4) is 0 Å². The number of aliphatic carboxylic acids is 1. The third kappa shape index (κ3) is 5.96. The average Bonchev–Trinajstić information content (AvgIpc) is 3.25. The molecule has 0 saturated heterocycles. The number of carboxylic acid groups (broad SMARTS) is 1. The first kappa shape index (κ1) is 18.5. The number of benzene rings is 1. The van der Waals surface area contributed by atoms with Crippen molar-refractivity contribution in [2.24, 2.45) is 5.92 Å². The van der Waals surface area contributed by atoms with E-state index in [9.17, 15) is 14.7 Å². The predicted molar refractivity (Wildman–Crippen MR) is 91.8 cm³/mol. The first-order valence-corrected chi connectivity index (χ1v) is 8.47. The van der Waals surface area contributed by atoms with Crippen LogP contribution in [0.1, 0.15) is 51.5 Å². The smallest absolute Gasteiger partial charge is 0.326 e. The number of ether oxygens (including phenoxy) is 1. The molecule has 2 rings (SSSR count). The number of rotatable bonds is 8. The van der Waals surface area contributed by atoms with Gasteiger partial charge in [-0.15, -0.1) is 0 Å². The Morgan fingerprint density at radius 2 is 1.96 bits per heavy atom. The van der Waals surface area contributed by atoms with Gasteiger partial charge in [0.15, 0.2) is 0 Å². The highest BCUT2D eigenvalue weighted by atomic mass is 16.5. The van der Waals surface area contributed by atoms with Crippen LogP contribution in [0.15, 0.2) is 30.3 Å². The minimum absolute atomic E-state index is 0.193. The van der Waals surface area contributed by atoms with Gasteiger partial charge in [0.25, 0.3) is 0 Å². The van der Waals surface area contributed by atoms with Gasteiger partial charge in [0.2, 0.25) is 5.91 Å². The first-order valence-electron chi connectivity index (χ1n) is 8.47. The second kappa shape index (κ2) is 7.79.